The van der Waals surface area contributed by atoms with Gasteiger partial charge >= 0.3 is 6.01 Å². The van der Waals surface area contributed by atoms with E-state index in [2.05, 4.69) is 15.0 Å². The second-order valence-corrected chi connectivity index (χ2v) is 5.95. The first-order valence-electron chi connectivity index (χ1n) is 6.87. The first kappa shape index (κ1) is 13.9. The number of rotatable bonds is 3. The summed E-state index contributed by atoms with van der Waals surface area (Å²) in [5, 5.41) is 2.73. The van der Waals surface area contributed by atoms with E-state index < -0.39 is 0 Å². The van der Waals surface area contributed by atoms with E-state index >= 15 is 0 Å². The van der Waals surface area contributed by atoms with E-state index in [-0.39, 0.29) is 12.0 Å². The third-order valence-corrected chi connectivity index (χ3v) is 4.15. The minimum absolute atomic E-state index is 0.00811. The van der Waals surface area contributed by atoms with Crippen LogP contribution in [0.15, 0.2) is 23.8 Å². The molecule has 6 nitrogen and oxygen atoms in total. The van der Waals surface area contributed by atoms with E-state index in [1.54, 1.807) is 18.5 Å². The average molecular weight is 304 g/mol. The largest absolute Gasteiger partial charge is 0.460 e. The van der Waals surface area contributed by atoms with Crippen LogP contribution in [0.1, 0.15) is 28.3 Å². The molecule has 2 aromatic heterocycles. The summed E-state index contributed by atoms with van der Waals surface area (Å²) in [5.74, 6) is 0.00811. The smallest absolute Gasteiger partial charge is 0.316 e. The van der Waals surface area contributed by atoms with Crippen LogP contribution in [0, 0.1) is 6.92 Å². The Morgan fingerprint density at radius 1 is 1.33 bits per heavy atom. The average Bonchev–Trinajstić information content (AvgIpc) is 2.95. The van der Waals surface area contributed by atoms with Crippen molar-refractivity contribution in [2.45, 2.75) is 25.9 Å². The zero-order valence-corrected chi connectivity index (χ0v) is 12.5. The van der Waals surface area contributed by atoms with Gasteiger partial charge in [-0.25, -0.2) is 15.0 Å². The second-order valence-electron chi connectivity index (χ2n) is 4.89. The van der Waals surface area contributed by atoms with Crippen LogP contribution in [0.5, 0.6) is 6.01 Å². The fourth-order valence-corrected chi connectivity index (χ4v) is 2.88. The van der Waals surface area contributed by atoms with E-state index in [4.69, 9.17) is 4.74 Å². The number of carbonyl (C=O) groups excluding carboxylic acids is 1. The van der Waals surface area contributed by atoms with Gasteiger partial charge < -0.3 is 9.64 Å². The quantitative estimate of drug-likeness (QED) is 0.866. The number of ether oxygens (including phenoxy) is 1. The highest BCUT2D eigenvalue weighted by atomic mass is 32.1. The van der Waals surface area contributed by atoms with Crippen molar-refractivity contribution in [1.29, 1.82) is 0 Å². The van der Waals surface area contributed by atoms with Gasteiger partial charge in [0.2, 0.25) is 0 Å². The Morgan fingerprint density at radius 3 is 2.67 bits per heavy atom. The van der Waals surface area contributed by atoms with Crippen molar-refractivity contribution in [3.05, 3.63) is 34.5 Å². The van der Waals surface area contributed by atoms with Gasteiger partial charge in [0.1, 0.15) is 11.8 Å². The molecule has 3 rings (SSSR count). The summed E-state index contributed by atoms with van der Waals surface area (Å²) in [5.41, 5.74) is 0.545. The second kappa shape index (κ2) is 6.17. The summed E-state index contributed by atoms with van der Waals surface area (Å²) < 4.78 is 5.72. The number of piperidine rings is 1. The van der Waals surface area contributed by atoms with Crippen LogP contribution >= 0.6 is 11.3 Å². The molecule has 1 amide bonds. The summed E-state index contributed by atoms with van der Waals surface area (Å²) in [6.07, 6.45) is 4.95. The van der Waals surface area contributed by atoms with Gasteiger partial charge in [-0.1, -0.05) is 0 Å². The lowest BCUT2D eigenvalue weighted by atomic mass is 10.1. The van der Waals surface area contributed by atoms with Crippen LogP contribution in [0.3, 0.4) is 0 Å². The number of thiazole rings is 1. The molecule has 2 aromatic rings. The molecular formula is C14H16N4O2S. The van der Waals surface area contributed by atoms with Crippen molar-refractivity contribution >= 4 is 17.2 Å². The van der Waals surface area contributed by atoms with E-state index in [0.29, 0.717) is 24.8 Å². The van der Waals surface area contributed by atoms with Gasteiger partial charge in [-0.3, -0.25) is 4.79 Å². The van der Waals surface area contributed by atoms with Crippen LogP contribution in [0.25, 0.3) is 0 Å². The third kappa shape index (κ3) is 3.36. The van der Waals surface area contributed by atoms with Gasteiger partial charge in [-0.15, -0.1) is 11.3 Å². The molecule has 1 aliphatic rings. The molecule has 1 aliphatic heterocycles. The highest BCUT2D eigenvalue weighted by Crippen LogP contribution is 2.18. The maximum Gasteiger partial charge on any atom is 0.316 e. The first-order chi connectivity index (χ1) is 10.2. The summed E-state index contributed by atoms with van der Waals surface area (Å²) in [6.45, 7) is 3.25. The van der Waals surface area contributed by atoms with E-state index in [0.717, 1.165) is 17.8 Å². The lowest BCUT2D eigenvalue weighted by Gasteiger charge is -2.31. The van der Waals surface area contributed by atoms with Crippen molar-refractivity contribution < 1.29 is 9.53 Å². The molecule has 1 saturated heterocycles. The Morgan fingerprint density at radius 2 is 2.05 bits per heavy atom. The van der Waals surface area contributed by atoms with Gasteiger partial charge in [-0.2, -0.15) is 0 Å². The Bertz CT molecular complexity index is 608. The van der Waals surface area contributed by atoms with Gasteiger partial charge in [-0.05, 0) is 13.0 Å². The molecule has 0 bridgehead atoms. The van der Waals surface area contributed by atoms with Crippen molar-refractivity contribution in [3.8, 4) is 6.01 Å². The van der Waals surface area contributed by atoms with Crippen LogP contribution in [0.4, 0.5) is 0 Å². The van der Waals surface area contributed by atoms with Crippen LogP contribution in [-0.2, 0) is 0 Å². The number of nitrogens with zero attached hydrogens (tertiary/aromatic N) is 4. The number of amides is 1. The molecule has 7 heteroatoms. The monoisotopic (exact) mass is 304 g/mol. The Kier molecular flexibility index (Phi) is 4.10. The van der Waals surface area contributed by atoms with E-state index in [1.165, 1.54) is 11.3 Å². The Balaban J connectivity index is 1.54. The van der Waals surface area contributed by atoms with Crippen molar-refractivity contribution in [2.24, 2.45) is 0 Å². The molecule has 0 N–H and O–H groups in total. The van der Waals surface area contributed by atoms with Gasteiger partial charge in [0, 0.05) is 43.7 Å². The standard InChI is InChI=1S/C14H16N4O2S/c1-10-17-12(9-21-10)13(19)18-7-3-11(4-8-18)20-14-15-5-2-6-16-14/h2,5-6,9,11H,3-4,7-8H2,1H3. The van der Waals surface area contributed by atoms with E-state index in [9.17, 15) is 4.79 Å². The van der Waals surface area contributed by atoms with Gasteiger partial charge in [0.05, 0.1) is 5.01 Å². The van der Waals surface area contributed by atoms with Gasteiger partial charge in [0.15, 0.2) is 0 Å². The van der Waals surface area contributed by atoms with Crippen LogP contribution < -0.4 is 4.74 Å². The molecular weight excluding hydrogens is 288 g/mol. The lowest BCUT2D eigenvalue weighted by Crippen LogP contribution is -2.42. The molecule has 3 heterocycles. The molecule has 0 saturated carbocycles. The fourth-order valence-electron chi connectivity index (χ4n) is 2.30. The van der Waals surface area contributed by atoms with Crippen LogP contribution in [0.2, 0.25) is 0 Å². The summed E-state index contributed by atoms with van der Waals surface area (Å²) >= 11 is 1.50. The number of aromatic nitrogens is 3. The number of hydrogen-bond acceptors (Lipinski definition) is 6. The Hall–Kier alpha value is -2.02. The SMILES string of the molecule is Cc1nc(C(=O)N2CCC(Oc3ncccn3)CC2)cs1. The molecule has 0 aliphatic carbocycles. The molecule has 0 radical (unpaired) electrons. The zero-order chi connectivity index (χ0) is 14.7. The molecule has 0 spiro atoms. The van der Waals surface area contributed by atoms with Gasteiger partial charge in [0.25, 0.3) is 5.91 Å². The molecule has 110 valence electrons. The fraction of sp³-hybridized carbons (Fsp3) is 0.429. The molecule has 21 heavy (non-hydrogen) atoms. The predicted octanol–water partition coefficient (Wildman–Crippen LogP) is 1.93. The summed E-state index contributed by atoms with van der Waals surface area (Å²) in [6, 6.07) is 2.15. The third-order valence-electron chi connectivity index (χ3n) is 3.38. The maximum absolute atomic E-state index is 12.3. The van der Waals surface area contributed by atoms with Crippen LogP contribution in [-0.4, -0.2) is 45.0 Å². The number of carbonyl (C=O) groups is 1. The van der Waals surface area contributed by atoms with Crippen molar-refractivity contribution in [2.75, 3.05) is 13.1 Å². The molecule has 0 aromatic carbocycles. The first-order valence-corrected chi connectivity index (χ1v) is 7.75. The van der Waals surface area contributed by atoms with E-state index in [1.807, 2.05) is 17.2 Å². The number of aryl methyl sites for hydroxylation is 1. The Labute approximate surface area is 126 Å². The zero-order valence-electron chi connectivity index (χ0n) is 11.7. The lowest BCUT2D eigenvalue weighted by molar-refractivity contribution is 0.0574. The molecule has 0 unspecified atom stereocenters. The molecule has 0 atom stereocenters. The minimum Gasteiger partial charge on any atom is -0.460 e. The minimum atomic E-state index is 0.00811. The highest BCUT2D eigenvalue weighted by Gasteiger charge is 2.26. The molecule has 1 fully saturated rings. The maximum atomic E-state index is 12.3. The summed E-state index contributed by atoms with van der Waals surface area (Å²) in [7, 11) is 0. The van der Waals surface area contributed by atoms with Crippen molar-refractivity contribution in [3.63, 3.8) is 0 Å². The normalized spacial score (nSPS) is 16.0. The number of likely N-dealkylation sites (tertiary alicyclic amines) is 1. The van der Waals surface area contributed by atoms with Crippen molar-refractivity contribution in [1.82, 2.24) is 19.9 Å². The predicted molar refractivity (Wildman–Crippen MR) is 78.4 cm³/mol. The summed E-state index contributed by atoms with van der Waals surface area (Å²) in [4.78, 5) is 26.5. The number of hydrogen-bond donors (Lipinski definition) is 0. The highest BCUT2D eigenvalue weighted by molar-refractivity contribution is 7.09. The topological polar surface area (TPSA) is 68.2 Å².